The Morgan fingerprint density at radius 2 is 2.04 bits per heavy atom. The Kier molecular flexibility index (Phi) is 4.67. The predicted molar refractivity (Wildman–Crippen MR) is 107 cm³/mol. The molecule has 2 heterocycles. The first-order chi connectivity index (χ1) is 12.6. The van der Waals surface area contributed by atoms with Crippen LogP contribution in [0.5, 0.6) is 5.75 Å². The Balaban J connectivity index is 1.73. The second-order valence-corrected chi connectivity index (χ2v) is 7.90. The molecule has 0 unspecified atom stereocenters. The van der Waals surface area contributed by atoms with E-state index in [0.29, 0.717) is 13.2 Å². The van der Waals surface area contributed by atoms with Crippen LogP contribution in [0.25, 0.3) is 0 Å². The zero-order valence-corrected chi connectivity index (χ0v) is 16.1. The van der Waals surface area contributed by atoms with Crippen molar-refractivity contribution in [1.82, 2.24) is 0 Å². The van der Waals surface area contributed by atoms with Gasteiger partial charge in [0.1, 0.15) is 11.4 Å². The fourth-order valence-corrected chi connectivity index (χ4v) is 4.91. The van der Waals surface area contributed by atoms with Gasteiger partial charge in [-0.1, -0.05) is 12.1 Å². The normalized spacial score (nSPS) is 22.5. The van der Waals surface area contributed by atoms with Crippen LogP contribution in [-0.4, -0.2) is 40.3 Å². The van der Waals surface area contributed by atoms with Gasteiger partial charge in [-0.05, 0) is 74.0 Å². The number of hydrogen-bond donors (Lipinski definition) is 1. The molecule has 5 heteroatoms. The predicted octanol–water partition coefficient (Wildman–Crippen LogP) is 3.56. The summed E-state index contributed by atoms with van der Waals surface area (Å²) >= 11 is 1.83. The van der Waals surface area contributed by atoms with Crippen molar-refractivity contribution in [2.24, 2.45) is 0 Å². The summed E-state index contributed by atoms with van der Waals surface area (Å²) in [6, 6.07) is 16.4. The Bertz CT molecular complexity index is 834. The first-order valence-electron chi connectivity index (χ1n) is 9.19. The lowest BCUT2D eigenvalue weighted by atomic mass is 10.0. The molecule has 0 spiro atoms. The first kappa shape index (κ1) is 17.4. The van der Waals surface area contributed by atoms with E-state index >= 15 is 0 Å². The number of benzene rings is 2. The highest BCUT2D eigenvalue weighted by Gasteiger charge is 2.53. The van der Waals surface area contributed by atoms with E-state index in [2.05, 4.69) is 40.7 Å². The lowest BCUT2D eigenvalue weighted by Crippen LogP contribution is -2.41. The summed E-state index contributed by atoms with van der Waals surface area (Å²) < 4.78 is 7.72. The van der Waals surface area contributed by atoms with E-state index in [0.717, 1.165) is 40.9 Å². The molecular formula is C21H25N2O2S+. The van der Waals surface area contributed by atoms with Gasteiger partial charge in [0, 0.05) is 11.3 Å². The standard InChI is InChI=1S/C21H25N2O2S/c1-3-25-19-10-8-17(9-11-19)21(24)15-22(18-7-4-6-16(2)14-18)20-23(21)12-5-13-26-20/h4,6-11,14,24H,3,5,12-13,15H2,1-2H3/q+1/t21-/m0/s1. The van der Waals surface area contributed by atoms with Gasteiger partial charge in [0.2, 0.25) is 0 Å². The van der Waals surface area contributed by atoms with Crippen molar-refractivity contribution in [1.29, 1.82) is 0 Å². The molecule has 26 heavy (non-hydrogen) atoms. The lowest BCUT2D eigenvalue weighted by Gasteiger charge is -2.24. The van der Waals surface area contributed by atoms with Crippen LogP contribution in [0, 0.1) is 6.92 Å². The molecule has 0 aliphatic carbocycles. The second kappa shape index (κ2) is 6.97. The van der Waals surface area contributed by atoms with E-state index in [9.17, 15) is 5.11 Å². The fraction of sp³-hybridized carbons (Fsp3) is 0.381. The SMILES string of the molecule is CCOc1ccc([C@@]2(O)CN(c3cccc(C)c3)C3=[N+]2CCCS3)cc1. The molecule has 2 aliphatic rings. The maximum Gasteiger partial charge on any atom is 0.316 e. The average molecular weight is 370 g/mol. The topological polar surface area (TPSA) is 35.7 Å². The van der Waals surface area contributed by atoms with Crippen LogP contribution in [-0.2, 0) is 5.72 Å². The number of thioether (sulfide) groups is 1. The Morgan fingerprint density at radius 3 is 2.77 bits per heavy atom. The van der Waals surface area contributed by atoms with Crippen molar-refractivity contribution < 1.29 is 14.4 Å². The molecule has 2 aliphatic heterocycles. The monoisotopic (exact) mass is 369 g/mol. The number of β-amino-alcohol motifs (C(OH)–C–C–N with tert-alkyl or cyclic N) is 1. The minimum atomic E-state index is -1.02. The quantitative estimate of drug-likeness (QED) is 0.836. The van der Waals surface area contributed by atoms with Crippen LogP contribution < -0.4 is 9.64 Å². The second-order valence-electron chi connectivity index (χ2n) is 6.84. The van der Waals surface area contributed by atoms with E-state index in [-0.39, 0.29) is 0 Å². The number of nitrogens with zero attached hydrogens (tertiary/aromatic N) is 2. The molecular weight excluding hydrogens is 344 g/mol. The van der Waals surface area contributed by atoms with Crippen LogP contribution in [0.1, 0.15) is 24.5 Å². The molecule has 1 N–H and O–H groups in total. The van der Waals surface area contributed by atoms with E-state index in [1.54, 1.807) is 0 Å². The maximum atomic E-state index is 11.7. The summed E-state index contributed by atoms with van der Waals surface area (Å²) in [5, 5.41) is 12.8. The van der Waals surface area contributed by atoms with Crippen LogP contribution in [0.15, 0.2) is 48.5 Å². The molecule has 1 atom stereocenters. The third-order valence-corrected chi connectivity index (χ3v) is 6.18. The highest BCUT2D eigenvalue weighted by molar-refractivity contribution is 8.13. The zero-order chi connectivity index (χ0) is 18.1. The Labute approximate surface area is 159 Å². The molecule has 0 radical (unpaired) electrons. The summed E-state index contributed by atoms with van der Waals surface area (Å²) in [5.74, 6) is 1.93. The van der Waals surface area contributed by atoms with Gasteiger partial charge in [-0.3, -0.25) is 0 Å². The van der Waals surface area contributed by atoms with Crippen LogP contribution in [0.3, 0.4) is 0 Å². The van der Waals surface area contributed by atoms with Gasteiger partial charge in [-0.2, -0.15) is 0 Å². The van der Waals surface area contributed by atoms with Crippen LogP contribution in [0.2, 0.25) is 0 Å². The van der Waals surface area contributed by atoms with E-state index in [1.165, 1.54) is 5.56 Å². The van der Waals surface area contributed by atoms with Crippen molar-refractivity contribution >= 4 is 22.6 Å². The molecule has 0 saturated carbocycles. The number of anilines is 1. The van der Waals surface area contributed by atoms with Crippen molar-refractivity contribution in [3.05, 3.63) is 59.7 Å². The molecule has 0 fully saturated rings. The lowest BCUT2D eigenvalue weighted by molar-refractivity contribution is -0.656. The number of rotatable bonds is 4. The van der Waals surface area contributed by atoms with Gasteiger partial charge in [0.25, 0.3) is 5.72 Å². The third kappa shape index (κ3) is 2.99. The zero-order valence-electron chi connectivity index (χ0n) is 15.3. The highest BCUT2D eigenvalue weighted by atomic mass is 32.2. The van der Waals surface area contributed by atoms with Gasteiger partial charge in [0.05, 0.1) is 13.2 Å². The van der Waals surface area contributed by atoms with Crippen molar-refractivity contribution in [3.8, 4) is 5.75 Å². The van der Waals surface area contributed by atoms with Crippen LogP contribution in [0.4, 0.5) is 5.69 Å². The number of hydrogen-bond acceptors (Lipinski definition) is 4. The molecule has 4 nitrogen and oxygen atoms in total. The highest BCUT2D eigenvalue weighted by Crippen LogP contribution is 2.38. The van der Waals surface area contributed by atoms with Crippen LogP contribution >= 0.6 is 11.8 Å². The Morgan fingerprint density at radius 1 is 1.23 bits per heavy atom. The van der Waals surface area contributed by atoms with Crippen molar-refractivity contribution in [2.45, 2.75) is 26.0 Å². The molecule has 136 valence electrons. The van der Waals surface area contributed by atoms with E-state index in [1.807, 2.05) is 43.0 Å². The molecule has 4 rings (SSSR count). The van der Waals surface area contributed by atoms with Gasteiger partial charge in [-0.25, -0.2) is 9.48 Å². The average Bonchev–Trinajstić information content (AvgIpc) is 2.97. The molecule has 2 aromatic rings. The summed E-state index contributed by atoms with van der Waals surface area (Å²) in [6.07, 6.45) is 1.08. The number of amidine groups is 1. The Hall–Kier alpha value is -1.98. The third-order valence-electron chi connectivity index (χ3n) is 4.99. The van der Waals surface area contributed by atoms with Gasteiger partial charge in [0.15, 0.2) is 6.54 Å². The minimum Gasteiger partial charge on any atom is -0.494 e. The number of ether oxygens (including phenoxy) is 1. The molecule has 0 saturated heterocycles. The molecule has 2 aromatic carbocycles. The fourth-order valence-electron chi connectivity index (χ4n) is 3.73. The summed E-state index contributed by atoms with van der Waals surface area (Å²) in [7, 11) is 0. The summed E-state index contributed by atoms with van der Waals surface area (Å²) in [5.41, 5.74) is 2.27. The minimum absolute atomic E-state index is 0.534. The smallest absolute Gasteiger partial charge is 0.316 e. The van der Waals surface area contributed by atoms with Crippen molar-refractivity contribution in [2.75, 3.05) is 30.3 Å². The largest absolute Gasteiger partial charge is 0.494 e. The van der Waals surface area contributed by atoms with E-state index in [4.69, 9.17) is 4.74 Å². The molecule has 0 amide bonds. The first-order valence-corrected chi connectivity index (χ1v) is 10.2. The summed E-state index contributed by atoms with van der Waals surface area (Å²) in [6.45, 7) is 6.13. The molecule has 0 bridgehead atoms. The van der Waals surface area contributed by atoms with Gasteiger partial charge in [-0.15, -0.1) is 0 Å². The molecule has 0 aromatic heterocycles. The number of aryl methyl sites for hydroxylation is 1. The number of aliphatic hydroxyl groups is 1. The summed E-state index contributed by atoms with van der Waals surface area (Å²) in [4.78, 5) is 2.26. The van der Waals surface area contributed by atoms with Gasteiger partial charge >= 0.3 is 5.17 Å². The van der Waals surface area contributed by atoms with E-state index < -0.39 is 5.72 Å². The van der Waals surface area contributed by atoms with Crippen molar-refractivity contribution in [3.63, 3.8) is 0 Å². The van der Waals surface area contributed by atoms with Gasteiger partial charge < -0.3 is 9.84 Å². The maximum absolute atomic E-state index is 11.7.